The van der Waals surface area contributed by atoms with Gasteiger partial charge < -0.3 is 0 Å². The maximum atomic E-state index is 6.27. The first-order chi connectivity index (χ1) is 8.75. The van der Waals surface area contributed by atoms with Gasteiger partial charge in [0.1, 0.15) is 16.6 Å². The Bertz CT molecular complexity index is 694. The van der Waals surface area contributed by atoms with Crippen LogP contribution in [-0.2, 0) is 6.42 Å². The zero-order valence-electron chi connectivity index (χ0n) is 9.22. The second-order valence-corrected chi connectivity index (χ2v) is 4.52. The molecule has 0 aliphatic rings. The van der Waals surface area contributed by atoms with Crippen molar-refractivity contribution in [3.05, 3.63) is 58.1 Å². The number of hydrogen-bond acceptors (Lipinski definition) is 3. The first-order valence-electron chi connectivity index (χ1n) is 5.33. The average Bonchev–Trinajstić information content (AvgIpc) is 2.84. The molecule has 0 aliphatic carbocycles. The lowest BCUT2D eigenvalue weighted by molar-refractivity contribution is 0.917. The molecule has 0 aliphatic heterocycles. The van der Waals surface area contributed by atoms with E-state index < -0.39 is 0 Å². The minimum atomic E-state index is 0.365. The highest BCUT2D eigenvalue weighted by molar-refractivity contribution is 6.34. The monoisotopic (exact) mass is 278 g/mol. The van der Waals surface area contributed by atoms with E-state index in [0.717, 1.165) is 11.1 Å². The van der Waals surface area contributed by atoms with Gasteiger partial charge in [-0.25, -0.2) is 0 Å². The van der Waals surface area contributed by atoms with E-state index >= 15 is 0 Å². The number of rotatable bonds is 2. The number of aromatic nitrogens is 4. The molecule has 4 nitrogen and oxygen atoms in total. The van der Waals surface area contributed by atoms with E-state index in [4.69, 9.17) is 23.2 Å². The molecule has 0 radical (unpaired) electrons. The number of benzene rings is 1. The van der Waals surface area contributed by atoms with Crippen molar-refractivity contribution in [3.63, 3.8) is 0 Å². The fourth-order valence-electron chi connectivity index (χ4n) is 1.76. The van der Waals surface area contributed by atoms with Gasteiger partial charge in [0, 0.05) is 12.0 Å². The van der Waals surface area contributed by atoms with Crippen molar-refractivity contribution < 1.29 is 0 Å². The van der Waals surface area contributed by atoms with Crippen molar-refractivity contribution in [3.8, 4) is 0 Å². The van der Waals surface area contributed by atoms with Crippen molar-refractivity contribution in [2.24, 2.45) is 0 Å². The van der Waals surface area contributed by atoms with Gasteiger partial charge in [-0.15, -0.1) is 0 Å². The minimum absolute atomic E-state index is 0.365. The van der Waals surface area contributed by atoms with Gasteiger partial charge in [0.15, 0.2) is 0 Å². The van der Waals surface area contributed by atoms with Gasteiger partial charge in [-0.2, -0.15) is 19.6 Å². The predicted molar refractivity (Wildman–Crippen MR) is 70.1 cm³/mol. The summed E-state index contributed by atoms with van der Waals surface area (Å²) in [5, 5.41) is 4.83. The summed E-state index contributed by atoms with van der Waals surface area (Å²) in [4.78, 5) is 8.12. The Hall–Kier alpha value is -1.65. The first-order valence-corrected chi connectivity index (χ1v) is 6.09. The normalized spacial score (nSPS) is 11.0. The zero-order chi connectivity index (χ0) is 12.5. The molecule has 2 heterocycles. The lowest BCUT2D eigenvalue weighted by atomic mass is 10.1. The second-order valence-electron chi connectivity index (χ2n) is 3.81. The van der Waals surface area contributed by atoms with E-state index in [9.17, 15) is 0 Å². The third-order valence-electron chi connectivity index (χ3n) is 2.64. The highest BCUT2D eigenvalue weighted by Gasteiger charge is 2.14. The Morgan fingerprint density at radius 1 is 1.11 bits per heavy atom. The van der Waals surface area contributed by atoms with Gasteiger partial charge in [0.2, 0.25) is 0 Å². The molecule has 0 N–H and O–H groups in total. The molecule has 6 heteroatoms. The summed E-state index contributed by atoms with van der Waals surface area (Å²) >= 11 is 12.4. The molecule has 0 fully saturated rings. The number of halogens is 2. The second kappa shape index (κ2) is 4.55. The quantitative estimate of drug-likeness (QED) is 0.677. The topological polar surface area (TPSA) is 43.1 Å². The number of nitrogens with zero attached hydrogens (tertiary/aromatic N) is 4. The minimum Gasteiger partial charge on any atom is -0.199 e. The van der Waals surface area contributed by atoms with Crippen LogP contribution in [0.2, 0.25) is 10.3 Å². The molecule has 0 unspecified atom stereocenters. The molecule has 0 spiro atoms. The summed E-state index contributed by atoms with van der Waals surface area (Å²) in [7, 11) is 0. The molecule has 2 aromatic heterocycles. The van der Waals surface area contributed by atoms with E-state index in [-0.39, 0.29) is 0 Å². The standard InChI is InChI=1S/C12H8Cl2N4/c13-10-9(6-8-4-2-1-3-5-8)11(14)18-12(17-10)15-7-16-18/h1-5,7H,6H2. The van der Waals surface area contributed by atoms with Crippen molar-refractivity contribution in [2.45, 2.75) is 6.42 Å². The molecule has 0 saturated heterocycles. The smallest absolute Gasteiger partial charge is 0.199 e. The molecule has 0 atom stereocenters. The molecule has 0 saturated carbocycles. The molecule has 3 aromatic rings. The van der Waals surface area contributed by atoms with Crippen LogP contribution in [0.15, 0.2) is 36.7 Å². The lowest BCUT2D eigenvalue weighted by Crippen LogP contribution is -2.01. The summed E-state index contributed by atoms with van der Waals surface area (Å²) < 4.78 is 1.48. The third kappa shape index (κ3) is 1.94. The van der Waals surface area contributed by atoms with Crippen LogP contribution in [-0.4, -0.2) is 19.6 Å². The van der Waals surface area contributed by atoms with Gasteiger partial charge in [0.05, 0.1) is 0 Å². The van der Waals surface area contributed by atoms with Crippen LogP contribution >= 0.6 is 23.2 Å². The van der Waals surface area contributed by atoms with Crippen LogP contribution in [0.1, 0.15) is 11.1 Å². The Balaban J connectivity index is 2.11. The van der Waals surface area contributed by atoms with Crippen molar-refractivity contribution in [1.29, 1.82) is 0 Å². The number of fused-ring (bicyclic) bond motifs is 1. The van der Waals surface area contributed by atoms with Gasteiger partial charge in [-0.1, -0.05) is 53.5 Å². The molecule has 0 bridgehead atoms. The van der Waals surface area contributed by atoms with E-state index in [0.29, 0.717) is 22.5 Å². The largest absolute Gasteiger partial charge is 0.254 e. The Kier molecular flexibility index (Phi) is 2.89. The highest BCUT2D eigenvalue weighted by Crippen LogP contribution is 2.25. The van der Waals surface area contributed by atoms with Crippen LogP contribution in [0.5, 0.6) is 0 Å². The fourth-order valence-corrected chi connectivity index (χ4v) is 2.32. The number of hydrogen-bond donors (Lipinski definition) is 0. The van der Waals surface area contributed by atoms with Gasteiger partial charge in [-0.3, -0.25) is 0 Å². The maximum absolute atomic E-state index is 6.27. The Labute approximate surface area is 113 Å². The summed E-state index contributed by atoms with van der Waals surface area (Å²) in [5.74, 6) is 0.404. The summed E-state index contributed by atoms with van der Waals surface area (Å²) in [6.45, 7) is 0. The summed E-state index contributed by atoms with van der Waals surface area (Å²) in [6.07, 6.45) is 2.01. The fraction of sp³-hybridized carbons (Fsp3) is 0.0833. The average molecular weight is 279 g/mol. The van der Waals surface area contributed by atoms with E-state index in [1.54, 1.807) is 0 Å². The summed E-state index contributed by atoms with van der Waals surface area (Å²) in [5.41, 5.74) is 1.87. The predicted octanol–water partition coefficient (Wildman–Crippen LogP) is 3.02. The van der Waals surface area contributed by atoms with E-state index in [1.165, 1.54) is 10.8 Å². The van der Waals surface area contributed by atoms with Crippen molar-refractivity contribution in [2.75, 3.05) is 0 Å². The molecule has 1 aromatic carbocycles. The van der Waals surface area contributed by atoms with E-state index in [1.807, 2.05) is 30.3 Å². The van der Waals surface area contributed by atoms with Crippen LogP contribution in [0.4, 0.5) is 0 Å². The van der Waals surface area contributed by atoms with Gasteiger partial charge >= 0.3 is 0 Å². The Morgan fingerprint density at radius 3 is 2.67 bits per heavy atom. The van der Waals surface area contributed by atoms with Crippen molar-refractivity contribution in [1.82, 2.24) is 19.6 Å². The van der Waals surface area contributed by atoms with Crippen LogP contribution < -0.4 is 0 Å². The molecule has 3 rings (SSSR count). The van der Waals surface area contributed by atoms with E-state index in [2.05, 4.69) is 15.1 Å². The molecular formula is C12H8Cl2N4. The molecule has 0 amide bonds. The third-order valence-corrected chi connectivity index (χ3v) is 3.34. The molecular weight excluding hydrogens is 271 g/mol. The van der Waals surface area contributed by atoms with Gasteiger partial charge in [0.25, 0.3) is 5.78 Å². The van der Waals surface area contributed by atoms with Gasteiger partial charge in [-0.05, 0) is 5.56 Å². The first kappa shape index (κ1) is 11.4. The zero-order valence-corrected chi connectivity index (χ0v) is 10.7. The van der Waals surface area contributed by atoms with Crippen LogP contribution in [0.25, 0.3) is 5.78 Å². The molecule has 90 valence electrons. The van der Waals surface area contributed by atoms with Crippen LogP contribution in [0, 0.1) is 0 Å². The van der Waals surface area contributed by atoms with Crippen molar-refractivity contribution >= 4 is 29.0 Å². The highest BCUT2D eigenvalue weighted by atomic mass is 35.5. The summed E-state index contributed by atoms with van der Waals surface area (Å²) in [6, 6.07) is 9.93. The lowest BCUT2D eigenvalue weighted by Gasteiger charge is -2.07. The SMILES string of the molecule is Clc1nc2ncnn2c(Cl)c1Cc1ccccc1. The molecule has 18 heavy (non-hydrogen) atoms. The maximum Gasteiger partial charge on any atom is 0.254 e. The van der Waals surface area contributed by atoms with Crippen LogP contribution in [0.3, 0.4) is 0 Å². The Morgan fingerprint density at radius 2 is 1.89 bits per heavy atom.